The third-order valence-electron chi connectivity index (χ3n) is 3.59. The highest BCUT2D eigenvalue weighted by molar-refractivity contribution is 6.05. The molecule has 1 aliphatic rings. The van der Waals surface area contributed by atoms with E-state index >= 15 is 0 Å². The van der Waals surface area contributed by atoms with Gasteiger partial charge in [-0.1, -0.05) is 6.07 Å². The van der Waals surface area contributed by atoms with Crippen LogP contribution in [0.1, 0.15) is 13.8 Å². The number of hydrogen-bond acceptors (Lipinski definition) is 7. The van der Waals surface area contributed by atoms with Crippen molar-refractivity contribution in [3.8, 4) is 11.5 Å². The van der Waals surface area contributed by atoms with Crippen molar-refractivity contribution in [2.75, 3.05) is 10.6 Å². The number of nitrogens with zero attached hydrogens (tertiary/aromatic N) is 3. The van der Waals surface area contributed by atoms with Gasteiger partial charge in [0.1, 0.15) is 17.2 Å². The summed E-state index contributed by atoms with van der Waals surface area (Å²) in [5.74, 6) is 1.83. The molecule has 7 heteroatoms. The summed E-state index contributed by atoms with van der Waals surface area (Å²) in [6.45, 7) is 3.82. The molecule has 0 aromatic heterocycles. The second-order valence-corrected chi connectivity index (χ2v) is 5.94. The summed E-state index contributed by atoms with van der Waals surface area (Å²) in [7, 11) is 0. The van der Waals surface area contributed by atoms with Crippen molar-refractivity contribution in [3.63, 3.8) is 0 Å². The van der Waals surface area contributed by atoms with Crippen LogP contribution in [-0.4, -0.2) is 17.6 Å². The van der Waals surface area contributed by atoms with E-state index in [1.54, 1.807) is 17.0 Å². The zero-order valence-electron chi connectivity index (χ0n) is 13.6. The Morgan fingerprint density at radius 2 is 1.67 bits per heavy atom. The second kappa shape index (κ2) is 5.77. The number of ether oxygens (including phenoxy) is 1. The van der Waals surface area contributed by atoms with Crippen molar-refractivity contribution < 1.29 is 4.74 Å². The molecule has 0 atom stereocenters. The molecule has 2 aromatic carbocycles. The average Bonchev–Trinajstić information content (AvgIpc) is 2.48. The Morgan fingerprint density at radius 1 is 0.958 bits per heavy atom. The van der Waals surface area contributed by atoms with Gasteiger partial charge in [-0.05, 0) is 50.2 Å². The second-order valence-electron chi connectivity index (χ2n) is 5.94. The zero-order valence-corrected chi connectivity index (χ0v) is 13.6. The van der Waals surface area contributed by atoms with Crippen LogP contribution in [0.25, 0.3) is 0 Å². The molecule has 7 nitrogen and oxygen atoms in total. The lowest BCUT2D eigenvalue weighted by Gasteiger charge is -2.38. The fourth-order valence-corrected chi connectivity index (χ4v) is 2.61. The van der Waals surface area contributed by atoms with Crippen LogP contribution in [0.3, 0.4) is 0 Å². The van der Waals surface area contributed by atoms with Crippen LogP contribution in [-0.2, 0) is 0 Å². The lowest BCUT2D eigenvalue weighted by Crippen LogP contribution is -2.54. The number of nitrogen functional groups attached to an aromatic ring is 1. The highest BCUT2D eigenvalue weighted by Crippen LogP contribution is 2.31. The van der Waals surface area contributed by atoms with Crippen molar-refractivity contribution in [2.24, 2.45) is 21.5 Å². The standard InChI is InChI=1S/C17H20N6O/c1-17(2)22-15(19)21-16(20)23(17)12-4-3-5-14(10-12)24-13-8-6-11(18)7-9-13/h3-10H,18H2,1-2H3,(H4,19,20,21,22). The fraction of sp³-hybridized carbons (Fsp3) is 0.176. The van der Waals surface area contributed by atoms with Crippen LogP contribution in [0.4, 0.5) is 11.4 Å². The van der Waals surface area contributed by atoms with Crippen LogP contribution in [0.2, 0.25) is 0 Å². The number of aliphatic imine (C=N–C) groups is 2. The summed E-state index contributed by atoms with van der Waals surface area (Å²) in [5, 5.41) is 0. The average molecular weight is 324 g/mol. The first kappa shape index (κ1) is 15.7. The molecule has 0 unspecified atom stereocenters. The van der Waals surface area contributed by atoms with Gasteiger partial charge in [0, 0.05) is 17.4 Å². The molecule has 2 aromatic rings. The van der Waals surface area contributed by atoms with E-state index in [9.17, 15) is 0 Å². The summed E-state index contributed by atoms with van der Waals surface area (Å²) in [6.07, 6.45) is 0. The first-order valence-electron chi connectivity index (χ1n) is 7.48. The van der Waals surface area contributed by atoms with Crippen LogP contribution in [0.15, 0.2) is 58.5 Å². The number of rotatable bonds is 3. The maximum absolute atomic E-state index is 6.06. The van der Waals surface area contributed by atoms with E-state index in [-0.39, 0.29) is 11.9 Å². The van der Waals surface area contributed by atoms with E-state index in [1.165, 1.54) is 0 Å². The van der Waals surface area contributed by atoms with Crippen molar-refractivity contribution in [1.82, 2.24) is 0 Å². The SMILES string of the molecule is CC1(C)N=C(N)N=C(N)N1c1cccc(Oc2ccc(N)cc2)c1. The van der Waals surface area contributed by atoms with Crippen LogP contribution in [0.5, 0.6) is 11.5 Å². The predicted octanol–water partition coefficient (Wildman–Crippen LogP) is 2.25. The summed E-state index contributed by atoms with van der Waals surface area (Å²) in [5.41, 5.74) is 18.3. The van der Waals surface area contributed by atoms with Crippen molar-refractivity contribution in [1.29, 1.82) is 0 Å². The molecule has 0 amide bonds. The Hall–Kier alpha value is -3.22. The van der Waals surface area contributed by atoms with E-state index in [2.05, 4.69) is 9.98 Å². The largest absolute Gasteiger partial charge is 0.457 e. The lowest BCUT2D eigenvalue weighted by atomic mass is 10.1. The Labute approximate surface area is 140 Å². The molecule has 0 saturated carbocycles. The quantitative estimate of drug-likeness (QED) is 0.749. The van der Waals surface area contributed by atoms with Gasteiger partial charge in [0.25, 0.3) is 0 Å². The monoisotopic (exact) mass is 324 g/mol. The van der Waals surface area contributed by atoms with Crippen LogP contribution in [0, 0.1) is 0 Å². The van der Waals surface area contributed by atoms with Gasteiger partial charge < -0.3 is 21.9 Å². The molecule has 24 heavy (non-hydrogen) atoms. The molecule has 1 heterocycles. The van der Waals surface area contributed by atoms with Gasteiger partial charge in [0.15, 0.2) is 0 Å². The number of nitrogens with two attached hydrogens (primary N) is 3. The summed E-state index contributed by atoms with van der Waals surface area (Å²) in [6, 6.07) is 14.7. The highest BCUT2D eigenvalue weighted by atomic mass is 16.5. The molecular weight excluding hydrogens is 304 g/mol. The maximum atomic E-state index is 6.06. The molecule has 0 radical (unpaired) electrons. The number of guanidine groups is 2. The Morgan fingerprint density at radius 3 is 2.33 bits per heavy atom. The zero-order chi connectivity index (χ0) is 17.3. The third-order valence-corrected chi connectivity index (χ3v) is 3.59. The van der Waals surface area contributed by atoms with Gasteiger partial charge in [-0.15, -0.1) is 0 Å². The molecule has 3 rings (SSSR count). The van der Waals surface area contributed by atoms with E-state index in [4.69, 9.17) is 21.9 Å². The molecule has 0 saturated heterocycles. The van der Waals surface area contributed by atoms with Gasteiger partial charge >= 0.3 is 0 Å². The number of anilines is 2. The van der Waals surface area contributed by atoms with Crippen molar-refractivity contribution >= 4 is 23.3 Å². The minimum atomic E-state index is -0.643. The van der Waals surface area contributed by atoms with Gasteiger partial charge in [-0.25, -0.2) is 4.99 Å². The van der Waals surface area contributed by atoms with Gasteiger partial charge in [0.2, 0.25) is 11.9 Å². The summed E-state index contributed by atoms with van der Waals surface area (Å²) in [4.78, 5) is 10.2. The third kappa shape index (κ3) is 3.10. The van der Waals surface area contributed by atoms with Crippen LogP contribution < -0.4 is 26.8 Å². The van der Waals surface area contributed by atoms with Crippen LogP contribution >= 0.6 is 0 Å². The minimum absolute atomic E-state index is 0.169. The Bertz CT molecular complexity index is 810. The Kier molecular flexibility index (Phi) is 3.76. The molecule has 0 fully saturated rings. The Balaban J connectivity index is 1.90. The minimum Gasteiger partial charge on any atom is -0.457 e. The first-order valence-corrected chi connectivity index (χ1v) is 7.48. The van der Waals surface area contributed by atoms with Crippen molar-refractivity contribution in [2.45, 2.75) is 19.5 Å². The smallest absolute Gasteiger partial charge is 0.220 e. The molecule has 124 valence electrons. The van der Waals surface area contributed by atoms with E-state index < -0.39 is 5.66 Å². The normalized spacial score (nSPS) is 16.3. The molecular formula is C17H20N6O. The van der Waals surface area contributed by atoms with Gasteiger partial charge in [-0.2, -0.15) is 4.99 Å². The number of hydrogen-bond donors (Lipinski definition) is 3. The predicted molar refractivity (Wildman–Crippen MR) is 97.2 cm³/mol. The van der Waals surface area contributed by atoms with E-state index in [0.717, 1.165) is 5.69 Å². The first-order chi connectivity index (χ1) is 11.3. The van der Waals surface area contributed by atoms with E-state index in [0.29, 0.717) is 17.2 Å². The van der Waals surface area contributed by atoms with Gasteiger partial charge in [-0.3, -0.25) is 4.90 Å². The molecule has 6 N–H and O–H groups in total. The molecule has 0 spiro atoms. The van der Waals surface area contributed by atoms with Gasteiger partial charge in [0.05, 0.1) is 0 Å². The molecule has 0 bridgehead atoms. The lowest BCUT2D eigenvalue weighted by molar-refractivity contribution is 0.481. The fourth-order valence-electron chi connectivity index (χ4n) is 2.61. The summed E-state index contributed by atoms with van der Waals surface area (Å²) < 4.78 is 5.87. The number of benzene rings is 2. The highest BCUT2D eigenvalue weighted by Gasteiger charge is 2.33. The van der Waals surface area contributed by atoms with E-state index in [1.807, 2.05) is 50.2 Å². The summed E-state index contributed by atoms with van der Waals surface area (Å²) >= 11 is 0. The molecule has 0 aliphatic carbocycles. The maximum Gasteiger partial charge on any atom is 0.220 e. The van der Waals surface area contributed by atoms with Crippen molar-refractivity contribution in [3.05, 3.63) is 48.5 Å². The topological polar surface area (TPSA) is 115 Å². The molecule has 1 aliphatic heterocycles.